The molecule has 1 aliphatic heterocycles. The van der Waals surface area contributed by atoms with Gasteiger partial charge >= 0.3 is 0 Å². The Hall–Kier alpha value is -1.69. The summed E-state index contributed by atoms with van der Waals surface area (Å²) in [6, 6.07) is 1.95. The molecule has 0 spiro atoms. The Morgan fingerprint density at radius 3 is 2.78 bits per heavy atom. The second-order valence-electron chi connectivity index (χ2n) is 3.91. The molecule has 6 heteroatoms. The van der Waals surface area contributed by atoms with Crippen LogP contribution in [0.1, 0.15) is 12.5 Å². The molecule has 94 valence electrons. The molecule has 2 aromatic rings. The molecule has 2 heterocycles. The summed E-state index contributed by atoms with van der Waals surface area (Å²) in [5.74, 6) is 1.81. The van der Waals surface area contributed by atoms with E-state index in [1.165, 1.54) is 0 Å². The molecule has 0 saturated carbocycles. The van der Waals surface area contributed by atoms with Gasteiger partial charge < -0.3 is 19.7 Å². The maximum absolute atomic E-state index is 5.77. The van der Waals surface area contributed by atoms with Crippen molar-refractivity contribution >= 4 is 21.8 Å². The van der Waals surface area contributed by atoms with Gasteiger partial charge in [-0.3, -0.25) is 0 Å². The van der Waals surface area contributed by atoms with E-state index in [0.29, 0.717) is 5.88 Å². The fourth-order valence-electron chi connectivity index (χ4n) is 2.12. The third-order valence-electron chi connectivity index (χ3n) is 2.94. The zero-order valence-electron chi connectivity index (χ0n) is 9.70. The van der Waals surface area contributed by atoms with Gasteiger partial charge in [0.05, 0.1) is 16.2 Å². The molecule has 0 unspecified atom stereocenters. The minimum absolute atomic E-state index is 0.240. The molecule has 0 fully saturated rings. The number of nitrogens with two attached hydrogens (primary N) is 1. The molecule has 5 nitrogen and oxygen atoms in total. The van der Waals surface area contributed by atoms with Crippen molar-refractivity contribution in [2.24, 2.45) is 0 Å². The van der Waals surface area contributed by atoms with Crippen LogP contribution < -0.4 is 15.2 Å². The van der Waals surface area contributed by atoms with Gasteiger partial charge in [0.1, 0.15) is 0 Å². The third-order valence-corrected chi connectivity index (χ3v) is 3.53. The molecule has 2 N–H and O–H groups in total. The molecule has 1 aromatic carbocycles. The number of nitrogens with zero attached hydrogens (tertiary/aromatic N) is 1. The lowest BCUT2D eigenvalue weighted by molar-refractivity contribution is 0.173. The predicted molar refractivity (Wildman–Crippen MR) is 69.6 cm³/mol. The number of halogens is 1. The van der Waals surface area contributed by atoms with Gasteiger partial charge in [0.25, 0.3) is 0 Å². The van der Waals surface area contributed by atoms with Crippen LogP contribution in [-0.4, -0.2) is 11.9 Å². The van der Waals surface area contributed by atoms with Gasteiger partial charge in [-0.25, -0.2) is 0 Å². The quantitative estimate of drug-likeness (QED) is 0.923. The highest BCUT2D eigenvalue weighted by Gasteiger charge is 2.25. The van der Waals surface area contributed by atoms with Gasteiger partial charge in [0, 0.05) is 5.56 Å². The molecule has 0 atom stereocenters. The van der Waals surface area contributed by atoms with Crippen LogP contribution in [0.2, 0.25) is 0 Å². The normalized spacial score (nSPS) is 13.0. The van der Waals surface area contributed by atoms with Crippen LogP contribution in [0.15, 0.2) is 21.3 Å². The number of aromatic nitrogens is 1. The van der Waals surface area contributed by atoms with E-state index in [9.17, 15) is 0 Å². The molecule has 18 heavy (non-hydrogen) atoms. The molecule has 0 amide bonds. The fourth-order valence-corrected chi connectivity index (χ4v) is 2.65. The first-order valence-electron chi connectivity index (χ1n) is 5.53. The number of benzene rings is 1. The number of anilines is 1. The average Bonchev–Trinajstić information content (AvgIpc) is 2.97. The van der Waals surface area contributed by atoms with Gasteiger partial charge in [-0.05, 0) is 34.0 Å². The van der Waals surface area contributed by atoms with Gasteiger partial charge in [-0.1, -0.05) is 12.1 Å². The van der Waals surface area contributed by atoms with Gasteiger partial charge in [0.15, 0.2) is 11.5 Å². The molecule has 1 aliphatic rings. The van der Waals surface area contributed by atoms with Crippen molar-refractivity contribution in [1.82, 2.24) is 5.16 Å². The smallest absolute Gasteiger partial charge is 0.231 e. The molecule has 3 rings (SSSR count). The van der Waals surface area contributed by atoms with Crippen LogP contribution in [0.25, 0.3) is 11.1 Å². The summed E-state index contributed by atoms with van der Waals surface area (Å²) in [6.45, 7) is 2.29. The van der Waals surface area contributed by atoms with Crippen molar-refractivity contribution in [2.75, 3.05) is 12.5 Å². The first-order valence-corrected chi connectivity index (χ1v) is 6.33. The number of hydrogen-bond acceptors (Lipinski definition) is 5. The molecule has 0 aliphatic carbocycles. The number of fused-ring (bicyclic) bond motifs is 1. The van der Waals surface area contributed by atoms with Crippen molar-refractivity contribution < 1.29 is 14.0 Å². The fraction of sp³-hybridized carbons (Fsp3) is 0.250. The minimum Gasteiger partial charge on any atom is -0.453 e. The Bertz CT molecular complexity index is 610. The van der Waals surface area contributed by atoms with Crippen molar-refractivity contribution in [3.05, 3.63) is 22.3 Å². The van der Waals surface area contributed by atoms with Crippen LogP contribution in [0.3, 0.4) is 0 Å². The first kappa shape index (κ1) is 11.4. The van der Waals surface area contributed by atoms with E-state index in [1.54, 1.807) is 6.20 Å². The van der Waals surface area contributed by atoms with E-state index in [0.717, 1.165) is 39.1 Å². The minimum atomic E-state index is 0.240. The zero-order valence-corrected chi connectivity index (χ0v) is 11.3. The predicted octanol–water partition coefficient (Wildman–Crippen LogP) is 2.98. The van der Waals surface area contributed by atoms with E-state index in [1.807, 2.05) is 6.07 Å². The van der Waals surface area contributed by atoms with E-state index in [-0.39, 0.29) is 6.79 Å². The number of nitrogen functional groups attached to an aromatic ring is 1. The molecule has 1 aromatic heterocycles. The van der Waals surface area contributed by atoms with Crippen molar-refractivity contribution in [2.45, 2.75) is 13.3 Å². The standard InChI is InChI=1S/C12H11BrN2O3/c1-2-6-7(8-4-15-18-12(8)14)3-9(13)11-10(6)16-5-17-11/h3-4H,2,5,14H2,1H3. The lowest BCUT2D eigenvalue weighted by Crippen LogP contribution is -1.95. The summed E-state index contributed by atoms with van der Waals surface area (Å²) < 4.78 is 16.7. The summed E-state index contributed by atoms with van der Waals surface area (Å²) in [5, 5.41) is 3.71. The van der Waals surface area contributed by atoms with Gasteiger partial charge in [-0.15, -0.1) is 0 Å². The molecule has 0 bridgehead atoms. The summed E-state index contributed by atoms with van der Waals surface area (Å²) in [4.78, 5) is 0. The Morgan fingerprint density at radius 1 is 1.33 bits per heavy atom. The second kappa shape index (κ2) is 4.20. The monoisotopic (exact) mass is 310 g/mol. The third kappa shape index (κ3) is 1.56. The zero-order chi connectivity index (χ0) is 12.7. The molecular formula is C12H11BrN2O3. The molecular weight excluding hydrogens is 300 g/mol. The lowest BCUT2D eigenvalue weighted by Gasteiger charge is -2.11. The number of hydrogen-bond donors (Lipinski definition) is 1. The summed E-state index contributed by atoms with van der Waals surface area (Å²) >= 11 is 3.47. The van der Waals surface area contributed by atoms with Gasteiger partial charge in [-0.2, -0.15) is 0 Å². The first-order chi connectivity index (χ1) is 8.72. The number of rotatable bonds is 2. The van der Waals surface area contributed by atoms with Crippen LogP contribution in [-0.2, 0) is 6.42 Å². The van der Waals surface area contributed by atoms with E-state index in [2.05, 4.69) is 28.0 Å². The summed E-state index contributed by atoms with van der Waals surface area (Å²) in [5.41, 5.74) is 8.54. The van der Waals surface area contributed by atoms with Crippen LogP contribution >= 0.6 is 15.9 Å². The highest BCUT2D eigenvalue weighted by molar-refractivity contribution is 9.10. The van der Waals surface area contributed by atoms with E-state index < -0.39 is 0 Å². The second-order valence-corrected chi connectivity index (χ2v) is 4.76. The van der Waals surface area contributed by atoms with Crippen molar-refractivity contribution in [1.29, 1.82) is 0 Å². The summed E-state index contributed by atoms with van der Waals surface area (Å²) in [7, 11) is 0. The largest absolute Gasteiger partial charge is 0.453 e. The Balaban J connectivity index is 2.27. The SMILES string of the molecule is CCc1c(-c2cnoc2N)cc(Br)c2c1OCO2. The van der Waals surface area contributed by atoms with Crippen LogP contribution in [0.5, 0.6) is 11.5 Å². The van der Waals surface area contributed by atoms with Crippen LogP contribution in [0, 0.1) is 0 Å². The van der Waals surface area contributed by atoms with E-state index >= 15 is 0 Å². The lowest BCUT2D eigenvalue weighted by atomic mass is 9.98. The topological polar surface area (TPSA) is 70.5 Å². The summed E-state index contributed by atoms with van der Waals surface area (Å²) in [6.07, 6.45) is 2.41. The van der Waals surface area contributed by atoms with Gasteiger partial charge in [0.2, 0.25) is 12.7 Å². The average molecular weight is 311 g/mol. The highest BCUT2D eigenvalue weighted by atomic mass is 79.9. The maximum atomic E-state index is 5.77. The van der Waals surface area contributed by atoms with Crippen molar-refractivity contribution in [3.63, 3.8) is 0 Å². The Kier molecular flexibility index (Phi) is 2.66. The highest BCUT2D eigenvalue weighted by Crippen LogP contribution is 2.47. The Labute approximate surface area is 112 Å². The molecule has 0 radical (unpaired) electrons. The van der Waals surface area contributed by atoms with Crippen LogP contribution in [0.4, 0.5) is 5.88 Å². The maximum Gasteiger partial charge on any atom is 0.231 e. The van der Waals surface area contributed by atoms with Crippen molar-refractivity contribution in [3.8, 4) is 22.6 Å². The number of ether oxygens (including phenoxy) is 2. The van der Waals surface area contributed by atoms with E-state index in [4.69, 9.17) is 19.7 Å². The Morgan fingerprint density at radius 2 is 2.11 bits per heavy atom. The molecule has 0 saturated heterocycles.